The maximum atomic E-state index is 13.9. The molecule has 38 heavy (non-hydrogen) atoms. The van der Waals surface area contributed by atoms with Gasteiger partial charge in [0.15, 0.2) is 5.82 Å². The highest BCUT2D eigenvalue weighted by atomic mass is 16.2. The molecule has 2 atom stereocenters. The van der Waals surface area contributed by atoms with Crippen molar-refractivity contribution in [1.82, 2.24) is 34.9 Å². The summed E-state index contributed by atoms with van der Waals surface area (Å²) < 4.78 is 3.89. The number of hydrogen-bond donors (Lipinski definition) is 1. The first kappa shape index (κ1) is 25.6. The Labute approximate surface area is 222 Å². The lowest BCUT2D eigenvalue weighted by Gasteiger charge is -2.33. The fourth-order valence-corrected chi connectivity index (χ4v) is 5.58. The number of nitrogens with one attached hydrogen (secondary N) is 1. The van der Waals surface area contributed by atoms with Crippen LogP contribution in [-0.4, -0.2) is 54.9 Å². The predicted octanol–water partition coefficient (Wildman–Crippen LogP) is 4.41. The summed E-state index contributed by atoms with van der Waals surface area (Å²) in [6, 6.07) is 16.1. The Morgan fingerprint density at radius 2 is 1.79 bits per heavy atom. The third kappa shape index (κ3) is 4.68. The van der Waals surface area contributed by atoms with Gasteiger partial charge >= 0.3 is 0 Å². The largest absolute Gasteiger partial charge is 0.347 e. The topological polar surface area (TPSA) is 102 Å². The molecule has 1 amide bonds. The number of benzene rings is 2. The molecule has 9 nitrogen and oxygen atoms in total. The van der Waals surface area contributed by atoms with Crippen LogP contribution in [0.2, 0.25) is 0 Å². The summed E-state index contributed by atoms with van der Waals surface area (Å²) >= 11 is 0. The quantitative estimate of drug-likeness (QED) is 0.376. The Bertz CT molecular complexity index is 1470. The van der Waals surface area contributed by atoms with Gasteiger partial charge in [0.2, 0.25) is 5.91 Å². The summed E-state index contributed by atoms with van der Waals surface area (Å²) in [6.07, 6.45) is 4.98. The number of aromatic amines is 1. The fourth-order valence-electron chi connectivity index (χ4n) is 5.58. The fraction of sp³-hybridized carbons (Fsp3) is 0.414. The summed E-state index contributed by atoms with van der Waals surface area (Å²) in [4.78, 5) is 28.5. The zero-order chi connectivity index (χ0) is 26.8. The van der Waals surface area contributed by atoms with Crippen molar-refractivity contribution < 1.29 is 4.79 Å². The molecule has 2 aromatic heterocycles. The van der Waals surface area contributed by atoms with Crippen molar-refractivity contribution in [3.8, 4) is 22.5 Å². The molecule has 0 bridgehead atoms. The van der Waals surface area contributed by atoms with Crippen molar-refractivity contribution in [2.45, 2.75) is 64.5 Å². The number of amides is 1. The van der Waals surface area contributed by atoms with Gasteiger partial charge in [0.05, 0.1) is 0 Å². The lowest BCUT2D eigenvalue weighted by Crippen LogP contribution is -2.42. The number of H-pyrrole nitrogens is 1. The first-order valence-corrected chi connectivity index (χ1v) is 13.4. The normalized spacial score (nSPS) is 16.8. The average molecular weight is 514 g/mol. The third-order valence-electron chi connectivity index (χ3n) is 7.56. The monoisotopic (exact) mass is 513 g/mol. The van der Waals surface area contributed by atoms with Crippen LogP contribution in [-0.2, 0) is 17.6 Å². The van der Waals surface area contributed by atoms with E-state index in [0.29, 0.717) is 18.7 Å². The summed E-state index contributed by atoms with van der Waals surface area (Å²) in [5.74, 6) is 0.602. The van der Waals surface area contributed by atoms with Crippen molar-refractivity contribution in [1.29, 1.82) is 0 Å². The number of fused-ring (bicyclic) bond motifs is 1. The van der Waals surface area contributed by atoms with Gasteiger partial charge in [-0.3, -0.25) is 14.3 Å². The van der Waals surface area contributed by atoms with E-state index in [4.69, 9.17) is 0 Å². The molecule has 1 aliphatic rings. The van der Waals surface area contributed by atoms with E-state index in [1.807, 2.05) is 24.3 Å². The van der Waals surface area contributed by atoms with Gasteiger partial charge in [0, 0.05) is 43.4 Å². The maximum absolute atomic E-state index is 13.9. The van der Waals surface area contributed by atoms with Gasteiger partial charge in [0.1, 0.15) is 6.04 Å². The first-order chi connectivity index (χ1) is 18.4. The minimum atomic E-state index is -0.452. The van der Waals surface area contributed by atoms with Gasteiger partial charge < -0.3 is 4.90 Å². The number of carbonyl (C=O) groups excluding carboxylic acids is 1. The molecule has 1 aliphatic heterocycles. The number of nitrogens with zero attached hydrogens (tertiary/aromatic N) is 6. The Kier molecular flexibility index (Phi) is 7.26. The van der Waals surface area contributed by atoms with E-state index in [9.17, 15) is 9.59 Å². The lowest BCUT2D eigenvalue weighted by molar-refractivity contribution is -0.133. The number of likely N-dealkylation sites (N-methyl/N-ethyl adjacent to an activating group) is 1. The Balaban J connectivity index is 1.52. The number of tetrazole rings is 1. The van der Waals surface area contributed by atoms with E-state index in [0.717, 1.165) is 59.2 Å². The SMILES string of the molecule is CCCCc1c(Cc2ccc(-c3ccccc3-c3nnn[nH]3)cc2)c(=O)n2n1C(C)CCC2C(=O)N(C)C. The van der Waals surface area contributed by atoms with Gasteiger partial charge in [-0.2, -0.15) is 0 Å². The van der Waals surface area contributed by atoms with Gasteiger partial charge in [-0.15, -0.1) is 5.10 Å². The number of unbranched alkanes of at least 4 members (excludes halogenated alkanes) is 1. The molecular weight excluding hydrogens is 478 g/mol. The molecule has 0 saturated carbocycles. The lowest BCUT2D eigenvalue weighted by atomic mass is 9.96. The molecule has 198 valence electrons. The molecule has 0 spiro atoms. The minimum absolute atomic E-state index is 0.0173. The second-order valence-electron chi connectivity index (χ2n) is 10.4. The van der Waals surface area contributed by atoms with Crippen LogP contribution in [0.3, 0.4) is 0 Å². The average Bonchev–Trinajstić information content (AvgIpc) is 3.56. The summed E-state index contributed by atoms with van der Waals surface area (Å²) in [6.45, 7) is 4.32. The third-order valence-corrected chi connectivity index (χ3v) is 7.56. The molecule has 1 N–H and O–H groups in total. The Hall–Kier alpha value is -4.01. The van der Waals surface area contributed by atoms with Crippen LogP contribution in [0.4, 0.5) is 0 Å². The van der Waals surface area contributed by atoms with Gasteiger partial charge in [-0.1, -0.05) is 61.9 Å². The molecule has 2 unspecified atom stereocenters. The van der Waals surface area contributed by atoms with E-state index >= 15 is 0 Å². The van der Waals surface area contributed by atoms with Crippen LogP contribution in [0.15, 0.2) is 53.3 Å². The zero-order valence-electron chi connectivity index (χ0n) is 22.5. The van der Waals surface area contributed by atoms with Crippen LogP contribution >= 0.6 is 0 Å². The van der Waals surface area contributed by atoms with Crippen LogP contribution in [0, 0.1) is 0 Å². The standard InChI is InChI=1S/C29H35N7O2/c1-5-6-11-25-24(28(37)36-26(29(38)34(3)4)17-12-19(2)35(25)36)18-20-13-15-21(16-14-20)22-9-7-8-10-23(22)27-30-32-33-31-27/h7-10,13-16,19,26H,5-6,11-12,17-18H2,1-4H3,(H,30,31,32,33). The van der Waals surface area contributed by atoms with Crippen LogP contribution in [0.5, 0.6) is 0 Å². The molecular formula is C29H35N7O2. The second-order valence-corrected chi connectivity index (χ2v) is 10.4. The molecule has 0 fully saturated rings. The number of carbonyl (C=O) groups is 1. The molecule has 9 heteroatoms. The van der Waals surface area contributed by atoms with E-state index < -0.39 is 6.04 Å². The maximum Gasteiger partial charge on any atom is 0.271 e. The van der Waals surface area contributed by atoms with E-state index in [1.165, 1.54) is 0 Å². The highest BCUT2D eigenvalue weighted by molar-refractivity contribution is 5.81. The summed E-state index contributed by atoms with van der Waals surface area (Å²) in [5, 5.41) is 14.3. The van der Waals surface area contributed by atoms with E-state index in [1.54, 1.807) is 23.7 Å². The van der Waals surface area contributed by atoms with Crippen LogP contribution in [0.25, 0.3) is 22.5 Å². The van der Waals surface area contributed by atoms with E-state index in [2.05, 4.69) is 63.4 Å². The van der Waals surface area contributed by atoms with Gasteiger partial charge in [-0.05, 0) is 59.7 Å². The minimum Gasteiger partial charge on any atom is -0.347 e. The summed E-state index contributed by atoms with van der Waals surface area (Å²) in [5.41, 5.74) is 5.92. The zero-order valence-corrected chi connectivity index (χ0v) is 22.5. The molecule has 0 aliphatic carbocycles. The highest BCUT2D eigenvalue weighted by Crippen LogP contribution is 2.33. The van der Waals surface area contributed by atoms with Crippen molar-refractivity contribution in [3.05, 3.63) is 75.7 Å². The van der Waals surface area contributed by atoms with E-state index in [-0.39, 0.29) is 17.5 Å². The van der Waals surface area contributed by atoms with Gasteiger partial charge in [0.25, 0.3) is 5.56 Å². The van der Waals surface area contributed by atoms with Crippen LogP contribution < -0.4 is 5.56 Å². The predicted molar refractivity (Wildman–Crippen MR) is 147 cm³/mol. The Morgan fingerprint density at radius 1 is 1.05 bits per heavy atom. The molecule has 0 radical (unpaired) electrons. The van der Waals surface area contributed by atoms with Gasteiger partial charge in [-0.25, -0.2) is 9.78 Å². The van der Waals surface area contributed by atoms with Crippen LogP contribution in [0.1, 0.15) is 68.4 Å². The molecule has 2 aromatic carbocycles. The number of hydrogen-bond acceptors (Lipinski definition) is 5. The summed E-state index contributed by atoms with van der Waals surface area (Å²) in [7, 11) is 3.52. The molecule has 3 heterocycles. The Morgan fingerprint density at radius 3 is 2.45 bits per heavy atom. The van der Waals surface area contributed by atoms with Crippen molar-refractivity contribution >= 4 is 5.91 Å². The van der Waals surface area contributed by atoms with Crippen molar-refractivity contribution in [2.24, 2.45) is 0 Å². The molecule has 5 rings (SSSR count). The molecule has 4 aromatic rings. The smallest absolute Gasteiger partial charge is 0.271 e. The van der Waals surface area contributed by atoms with Crippen molar-refractivity contribution in [3.63, 3.8) is 0 Å². The number of rotatable bonds is 8. The first-order valence-electron chi connectivity index (χ1n) is 13.4. The second kappa shape index (κ2) is 10.8. The molecule has 0 saturated heterocycles. The highest BCUT2D eigenvalue weighted by Gasteiger charge is 2.35. The van der Waals surface area contributed by atoms with Crippen molar-refractivity contribution in [2.75, 3.05) is 14.1 Å². The number of aromatic nitrogens is 6.